The summed E-state index contributed by atoms with van der Waals surface area (Å²) >= 11 is 6.20. The highest BCUT2D eigenvalue weighted by atomic mass is 35.5. The van der Waals surface area contributed by atoms with Crippen molar-refractivity contribution < 1.29 is 4.42 Å². The second-order valence-electron chi connectivity index (χ2n) is 5.45. The number of nitrogens with one attached hydrogen (secondary N) is 1. The molecule has 0 aliphatic rings. The van der Waals surface area contributed by atoms with Crippen molar-refractivity contribution in [2.24, 2.45) is 0 Å². The number of aromatic nitrogens is 3. The van der Waals surface area contributed by atoms with Gasteiger partial charge in [0, 0.05) is 23.4 Å². The lowest BCUT2D eigenvalue weighted by molar-refractivity contribution is 0.594. The third kappa shape index (κ3) is 2.43. The highest BCUT2D eigenvalue weighted by Gasteiger charge is 2.13. The van der Waals surface area contributed by atoms with E-state index in [1.54, 1.807) is 6.07 Å². The van der Waals surface area contributed by atoms with E-state index in [2.05, 4.69) is 10.1 Å². The zero-order chi connectivity index (χ0) is 16.7. The lowest BCUT2D eigenvalue weighted by Gasteiger charge is -2.00. The monoisotopic (exact) mass is 339 g/mol. The first-order valence-corrected chi connectivity index (χ1v) is 8.00. The van der Waals surface area contributed by atoms with Crippen LogP contribution in [0.1, 0.15) is 12.6 Å². The van der Waals surface area contributed by atoms with Crippen LogP contribution >= 0.6 is 11.6 Å². The molecule has 3 heterocycles. The molecular formula is C18H14ClN3O2. The fourth-order valence-electron chi connectivity index (χ4n) is 2.63. The molecule has 0 spiro atoms. The molecule has 24 heavy (non-hydrogen) atoms. The van der Waals surface area contributed by atoms with Gasteiger partial charge in [-0.3, -0.25) is 9.89 Å². The van der Waals surface area contributed by atoms with Gasteiger partial charge >= 0.3 is 0 Å². The van der Waals surface area contributed by atoms with Crippen LogP contribution < -0.4 is 5.56 Å². The second-order valence-corrected chi connectivity index (χ2v) is 5.86. The molecular weight excluding hydrogens is 326 g/mol. The summed E-state index contributed by atoms with van der Waals surface area (Å²) in [5, 5.41) is 3.64. The molecule has 0 unspecified atom stereocenters. The Morgan fingerprint density at radius 3 is 2.75 bits per heavy atom. The number of nitrogens with zero attached hydrogens (tertiary/aromatic N) is 2. The molecule has 0 amide bonds. The van der Waals surface area contributed by atoms with Gasteiger partial charge in [-0.1, -0.05) is 30.7 Å². The Bertz CT molecular complexity index is 1090. The van der Waals surface area contributed by atoms with Gasteiger partial charge in [0.2, 0.25) is 0 Å². The topological polar surface area (TPSA) is 63.3 Å². The predicted octanol–water partition coefficient (Wildman–Crippen LogP) is 4.17. The minimum absolute atomic E-state index is 0.176. The van der Waals surface area contributed by atoms with E-state index in [1.807, 2.05) is 43.3 Å². The van der Waals surface area contributed by atoms with Crippen molar-refractivity contribution in [3.63, 3.8) is 0 Å². The van der Waals surface area contributed by atoms with Gasteiger partial charge in [-0.15, -0.1) is 0 Å². The van der Waals surface area contributed by atoms with Crippen molar-refractivity contribution in [3.05, 3.63) is 69.6 Å². The summed E-state index contributed by atoms with van der Waals surface area (Å²) in [4.78, 5) is 16.8. The van der Waals surface area contributed by atoms with Gasteiger partial charge in [0.05, 0.1) is 5.02 Å². The lowest BCUT2D eigenvalue weighted by atomic mass is 10.2. The maximum absolute atomic E-state index is 12.3. The van der Waals surface area contributed by atoms with E-state index in [4.69, 9.17) is 16.0 Å². The first-order chi connectivity index (χ1) is 11.7. The van der Waals surface area contributed by atoms with E-state index >= 15 is 0 Å². The predicted molar refractivity (Wildman–Crippen MR) is 93.3 cm³/mol. The number of fused-ring (bicyclic) bond motifs is 1. The average Bonchev–Trinajstić information content (AvgIpc) is 3.22. The van der Waals surface area contributed by atoms with E-state index in [0.717, 1.165) is 17.7 Å². The third-order valence-electron chi connectivity index (χ3n) is 3.88. The Kier molecular flexibility index (Phi) is 3.50. The summed E-state index contributed by atoms with van der Waals surface area (Å²) < 4.78 is 7.30. The van der Waals surface area contributed by atoms with Crippen molar-refractivity contribution in [2.45, 2.75) is 13.3 Å². The Labute approximate surface area is 142 Å². The molecule has 0 fully saturated rings. The van der Waals surface area contributed by atoms with E-state index < -0.39 is 0 Å². The maximum atomic E-state index is 12.3. The maximum Gasteiger partial charge on any atom is 0.273 e. The number of H-pyrrole nitrogens is 1. The minimum Gasteiger partial charge on any atom is -0.454 e. The van der Waals surface area contributed by atoms with Crippen LogP contribution in [0.25, 0.3) is 28.4 Å². The van der Waals surface area contributed by atoms with Crippen LogP contribution in [-0.4, -0.2) is 14.6 Å². The number of benzene rings is 1. The van der Waals surface area contributed by atoms with Gasteiger partial charge in [0.15, 0.2) is 11.4 Å². The number of hydrogen-bond acceptors (Lipinski definition) is 3. The van der Waals surface area contributed by atoms with E-state index in [1.165, 1.54) is 10.6 Å². The molecule has 6 heteroatoms. The quantitative estimate of drug-likeness (QED) is 0.609. The summed E-state index contributed by atoms with van der Waals surface area (Å²) in [6.45, 7) is 2.01. The number of aromatic amines is 1. The van der Waals surface area contributed by atoms with Crippen LogP contribution in [0.2, 0.25) is 5.02 Å². The summed E-state index contributed by atoms with van der Waals surface area (Å²) in [5.41, 5.74) is 2.65. The standard InChI is InChI=1S/C18H14ClN3O2/c1-2-11-9-17-20-14(10-18(23)22(17)21-11)16-8-7-15(24-16)12-5-3-4-6-13(12)19/h3-10,21H,2H2,1H3. The molecule has 0 bridgehead atoms. The molecule has 0 saturated heterocycles. The molecule has 0 aliphatic heterocycles. The highest BCUT2D eigenvalue weighted by molar-refractivity contribution is 6.33. The fraction of sp³-hybridized carbons (Fsp3) is 0.111. The second kappa shape index (κ2) is 5.69. The zero-order valence-electron chi connectivity index (χ0n) is 12.9. The van der Waals surface area contributed by atoms with Gasteiger partial charge in [-0.25, -0.2) is 9.50 Å². The number of aryl methyl sites for hydroxylation is 1. The molecule has 0 saturated carbocycles. The lowest BCUT2D eigenvalue weighted by Crippen LogP contribution is -2.14. The van der Waals surface area contributed by atoms with E-state index in [-0.39, 0.29) is 5.56 Å². The third-order valence-corrected chi connectivity index (χ3v) is 4.21. The number of rotatable bonds is 3. The summed E-state index contributed by atoms with van der Waals surface area (Å²) in [5.74, 6) is 1.17. The Morgan fingerprint density at radius 2 is 1.96 bits per heavy atom. The molecule has 1 aromatic carbocycles. The molecule has 5 nitrogen and oxygen atoms in total. The molecule has 0 aliphatic carbocycles. The average molecular weight is 340 g/mol. The normalized spacial score (nSPS) is 11.2. The summed E-state index contributed by atoms with van der Waals surface area (Å²) in [6, 6.07) is 14.4. The van der Waals surface area contributed by atoms with Crippen LogP contribution in [0, 0.1) is 0 Å². The van der Waals surface area contributed by atoms with Gasteiger partial charge in [-0.05, 0) is 30.7 Å². The Morgan fingerprint density at radius 1 is 1.17 bits per heavy atom. The van der Waals surface area contributed by atoms with Crippen molar-refractivity contribution in [1.29, 1.82) is 0 Å². The number of halogens is 1. The fourth-order valence-corrected chi connectivity index (χ4v) is 2.86. The van der Waals surface area contributed by atoms with Crippen LogP contribution in [0.3, 0.4) is 0 Å². The van der Waals surface area contributed by atoms with Crippen molar-refractivity contribution in [3.8, 4) is 22.8 Å². The Hall–Kier alpha value is -2.79. The van der Waals surface area contributed by atoms with E-state index in [9.17, 15) is 4.79 Å². The van der Waals surface area contributed by atoms with Crippen molar-refractivity contribution in [2.75, 3.05) is 0 Å². The van der Waals surface area contributed by atoms with Gasteiger partial charge in [0.1, 0.15) is 11.5 Å². The van der Waals surface area contributed by atoms with E-state index in [0.29, 0.717) is 27.9 Å². The van der Waals surface area contributed by atoms with Gasteiger partial charge in [-0.2, -0.15) is 0 Å². The first kappa shape index (κ1) is 14.8. The highest BCUT2D eigenvalue weighted by Crippen LogP contribution is 2.31. The zero-order valence-corrected chi connectivity index (χ0v) is 13.7. The van der Waals surface area contributed by atoms with Crippen LogP contribution in [-0.2, 0) is 6.42 Å². The Balaban J connectivity index is 1.81. The minimum atomic E-state index is -0.176. The molecule has 0 atom stereocenters. The number of hydrogen-bond donors (Lipinski definition) is 1. The summed E-state index contributed by atoms with van der Waals surface area (Å²) in [7, 11) is 0. The van der Waals surface area contributed by atoms with Gasteiger partial charge in [0.25, 0.3) is 5.56 Å². The SMILES string of the molecule is CCc1cc2nc(-c3ccc(-c4ccccc4Cl)o3)cc(=O)n2[nH]1. The number of furan rings is 1. The molecule has 120 valence electrons. The van der Waals surface area contributed by atoms with Crippen LogP contribution in [0.15, 0.2) is 57.7 Å². The molecule has 1 N–H and O–H groups in total. The van der Waals surface area contributed by atoms with Crippen LogP contribution in [0.4, 0.5) is 0 Å². The largest absolute Gasteiger partial charge is 0.454 e. The molecule has 3 aromatic heterocycles. The van der Waals surface area contributed by atoms with Crippen molar-refractivity contribution >= 4 is 17.2 Å². The van der Waals surface area contributed by atoms with Gasteiger partial charge < -0.3 is 4.42 Å². The molecule has 0 radical (unpaired) electrons. The molecule has 4 rings (SSSR count). The summed E-state index contributed by atoms with van der Waals surface area (Å²) in [6.07, 6.45) is 0.801. The smallest absolute Gasteiger partial charge is 0.273 e. The van der Waals surface area contributed by atoms with Crippen molar-refractivity contribution in [1.82, 2.24) is 14.6 Å². The first-order valence-electron chi connectivity index (χ1n) is 7.62. The van der Waals surface area contributed by atoms with Crippen LogP contribution in [0.5, 0.6) is 0 Å². The molecule has 4 aromatic rings.